The lowest BCUT2D eigenvalue weighted by molar-refractivity contribution is -0.384. The standard InChI is InChI=1S/C20H19F2N3O3/c1-20(2,28-18-8-5-13(21)9-15(18)22)19-23-16-10-14(25(26)27)6-7-17(16)24(19)11-12-3-4-12/h5-10,12H,3-4,11H2,1-2H3. The van der Waals surface area contributed by atoms with Crippen molar-refractivity contribution in [2.24, 2.45) is 5.92 Å². The molecule has 3 aromatic rings. The van der Waals surface area contributed by atoms with E-state index in [0.29, 0.717) is 23.8 Å². The van der Waals surface area contributed by atoms with Gasteiger partial charge in [0.1, 0.15) is 5.82 Å². The first-order chi connectivity index (χ1) is 13.2. The predicted molar refractivity (Wildman–Crippen MR) is 99.1 cm³/mol. The molecule has 28 heavy (non-hydrogen) atoms. The molecular formula is C20H19F2N3O3. The van der Waals surface area contributed by atoms with Crippen LogP contribution >= 0.6 is 0 Å². The summed E-state index contributed by atoms with van der Waals surface area (Å²) in [5.74, 6) is -0.504. The van der Waals surface area contributed by atoms with E-state index in [1.807, 2.05) is 4.57 Å². The fourth-order valence-electron chi connectivity index (χ4n) is 3.31. The average Bonchev–Trinajstić information content (AvgIpc) is 3.37. The number of rotatable bonds is 6. The van der Waals surface area contributed by atoms with Gasteiger partial charge in [-0.3, -0.25) is 10.1 Å². The first kappa shape index (κ1) is 18.3. The van der Waals surface area contributed by atoms with Gasteiger partial charge < -0.3 is 9.30 Å². The minimum Gasteiger partial charge on any atom is -0.477 e. The van der Waals surface area contributed by atoms with Crippen LogP contribution in [0.3, 0.4) is 0 Å². The quantitative estimate of drug-likeness (QED) is 0.443. The van der Waals surface area contributed by atoms with Crippen LogP contribution < -0.4 is 4.74 Å². The molecule has 0 saturated heterocycles. The monoisotopic (exact) mass is 387 g/mol. The fourth-order valence-corrected chi connectivity index (χ4v) is 3.31. The Morgan fingerprint density at radius 3 is 2.64 bits per heavy atom. The molecular weight excluding hydrogens is 368 g/mol. The molecule has 1 saturated carbocycles. The molecule has 4 rings (SSSR count). The number of nitro benzene ring substituents is 1. The first-order valence-electron chi connectivity index (χ1n) is 9.04. The van der Waals surface area contributed by atoms with Crippen molar-refractivity contribution in [2.75, 3.05) is 0 Å². The van der Waals surface area contributed by atoms with Crippen LogP contribution in [-0.4, -0.2) is 14.5 Å². The second-order valence-electron chi connectivity index (χ2n) is 7.61. The molecule has 0 N–H and O–H groups in total. The second kappa shape index (κ2) is 6.54. The van der Waals surface area contributed by atoms with Gasteiger partial charge in [0.25, 0.3) is 5.69 Å². The Kier molecular flexibility index (Phi) is 4.28. The van der Waals surface area contributed by atoms with Crippen molar-refractivity contribution < 1.29 is 18.4 Å². The third kappa shape index (κ3) is 3.42. The Bertz CT molecular complexity index is 1070. The lowest BCUT2D eigenvalue weighted by Gasteiger charge is -2.27. The molecule has 1 fully saturated rings. The molecule has 146 valence electrons. The summed E-state index contributed by atoms with van der Waals surface area (Å²) in [7, 11) is 0. The van der Waals surface area contributed by atoms with E-state index in [1.165, 1.54) is 18.2 Å². The van der Waals surface area contributed by atoms with Gasteiger partial charge in [-0.05, 0) is 50.8 Å². The van der Waals surface area contributed by atoms with E-state index >= 15 is 0 Å². The summed E-state index contributed by atoms with van der Waals surface area (Å²) in [6.07, 6.45) is 2.22. The Hall–Kier alpha value is -3.03. The van der Waals surface area contributed by atoms with Crippen molar-refractivity contribution >= 4 is 16.7 Å². The lowest BCUT2D eigenvalue weighted by Crippen LogP contribution is -2.30. The molecule has 2 aromatic carbocycles. The third-order valence-corrected chi connectivity index (χ3v) is 4.88. The summed E-state index contributed by atoms with van der Waals surface area (Å²) in [5.41, 5.74) is 0.171. The number of imidazole rings is 1. The zero-order valence-corrected chi connectivity index (χ0v) is 15.5. The highest BCUT2D eigenvalue weighted by atomic mass is 19.1. The highest BCUT2D eigenvalue weighted by molar-refractivity contribution is 5.79. The summed E-state index contributed by atoms with van der Waals surface area (Å²) in [6, 6.07) is 7.69. The van der Waals surface area contributed by atoms with Crippen LogP contribution in [0.1, 0.15) is 32.5 Å². The van der Waals surface area contributed by atoms with Crippen LogP contribution in [0.15, 0.2) is 36.4 Å². The Morgan fingerprint density at radius 1 is 1.25 bits per heavy atom. The molecule has 1 aromatic heterocycles. The van der Waals surface area contributed by atoms with Crippen LogP contribution in [-0.2, 0) is 12.1 Å². The molecule has 1 heterocycles. The predicted octanol–water partition coefficient (Wildman–Crippen LogP) is 4.95. The topological polar surface area (TPSA) is 70.2 Å². The van der Waals surface area contributed by atoms with Gasteiger partial charge >= 0.3 is 0 Å². The van der Waals surface area contributed by atoms with E-state index < -0.39 is 22.2 Å². The normalized spacial score (nSPS) is 14.4. The van der Waals surface area contributed by atoms with E-state index in [4.69, 9.17) is 4.74 Å². The highest BCUT2D eigenvalue weighted by Gasteiger charge is 2.33. The molecule has 0 aliphatic heterocycles. The summed E-state index contributed by atoms with van der Waals surface area (Å²) in [6.45, 7) is 4.20. The minimum atomic E-state index is -1.04. The van der Waals surface area contributed by atoms with Crippen molar-refractivity contribution in [3.8, 4) is 5.75 Å². The number of nitrogens with zero attached hydrogens (tertiary/aromatic N) is 3. The summed E-state index contributed by atoms with van der Waals surface area (Å²) >= 11 is 0. The first-order valence-corrected chi connectivity index (χ1v) is 9.04. The zero-order valence-electron chi connectivity index (χ0n) is 15.5. The van der Waals surface area contributed by atoms with Crippen molar-refractivity contribution in [1.82, 2.24) is 9.55 Å². The number of hydrogen-bond donors (Lipinski definition) is 0. The van der Waals surface area contributed by atoms with Crippen LogP contribution in [0, 0.1) is 27.7 Å². The van der Waals surface area contributed by atoms with E-state index in [0.717, 1.165) is 30.5 Å². The molecule has 6 nitrogen and oxygen atoms in total. The molecule has 1 aliphatic rings. The van der Waals surface area contributed by atoms with Crippen LogP contribution in [0.4, 0.5) is 14.5 Å². The third-order valence-electron chi connectivity index (χ3n) is 4.88. The van der Waals surface area contributed by atoms with Gasteiger partial charge in [-0.1, -0.05) is 0 Å². The number of halogens is 2. The molecule has 0 atom stereocenters. The van der Waals surface area contributed by atoms with Gasteiger partial charge in [0.2, 0.25) is 0 Å². The SMILES string of the molecule is CC(C)(Oc1ccc(F)cc1F)c1nc2cc([N+](=O)[O-])ccc2n1CC1CC1. The maximum absolute atomic E-state index is 14.1. The Labute approximate surface area is 159 Å². The number of benzene rings is 2. The average molecular weight is 387 g/mol. The van der Waals surface area contributed by atoms with Gasteiger partial charge in [-0.2, -0.15) is 0 Å². The van der Waals surface area contributed by atoms with Crippen molar-refractivity contribution in [2.45, 2.75) is 38.8 Å². The van der Waals surface area contributed by atoms with Crippen LogP contribution in [0.25, 0.3) is 11.0 Å². The van der Waals surface area contributed by atoms with Crippen LogP contribution in [0.2, 0.25) is 0 Å². The highest BCUT2D eigenvalue weighted by Crippen LogP contribution is 2.37. The van der Waals surface area contributed by atoms with E-state index in [2.05, 4.69) is 4.98 Å². The number of hydrogen-bond acceptors (Lipinski definition) is 4. The molecule has 0 bridgehead atoms. The van der Waals surface area contributed by atoms with E-state index in [-0.39, 0.29) is 11.4 Å². The second-order valence-corrected chi connectivity index (χ2v) is 7.61. The maximum atomic E-state index is 14.1. The smallest absolute Gasteiger partial charge is 0.271 e. The zero-order chi connectivity index (χ0) is 20.1. The molecule has 0 spiro atoms. The van der Waals surface area contributed by atoms with Crippen molar-refractivity contribution in [1.29, 1.82) is 0 Å². The maximum Gasteiger partial charge on any atom is 0.271 e. The fraction of sp³-hybridized carbons (Fsp3) is 0.350. The molecule has 8 heteroatoms. The number of ether oxygens (including phenoxy) is 1. The molecule has 0 amide bonds. The Balaban J connectivity index is 1.79. The molecule has 0 radical (unpaired) electrons. The Morgan fingerprint density at radius 2 is 2.00 bits per heavy atom. The van der Waals surface area contributed by atoms with Gasteiger partial charge in [0.05, 0.1) is 16.0 Å². The number of non-ortho nitro benzene ring substituents is 1. The van der Waals surface area contributed by atoms with Gasteiger partial charge in [-0.25, -0.2) is 13.8 Å². The van der Waals surface area contributed by atoms with E-state index in [9.17, 15) is 18.9 Å². The molecule has 1 aliphatic carbocycles. The number of aromatic nitrogens is 2. The lowest BCUT2D eigenvalue weighted by atomic mass is 10.1. The van der Waals surface area contributed by atoms with Gasteiger partial charge in [0, 0.05) is 24.7 Å². The summed E-state index contributed by atoms with van der Waals surface area (Å²) < 4.78 is 35.1. The van der Waals surface area contributed by atoms with Crippen molar-refractivity contribution in [3.05, 3.63) is 64.0 Å². The van der Waals surface area contributed by atoms with E-state index in [1.54, 1.807) is 19.9 Å². The van der Waals surface area contributed by atoms with Crippen LogP contribution in [0.5, 0.6) is 5.75 Å². The van der Waals surface area contributed by atoms with Gasteiger partial charge in [-0.15, -0.1) is 0 Å². The molecule has 0 unspecified atom stereocenters. The number of fused-ring (bicyclic) bond motifs is 1. The summed E-state index contributed by atoms with van der Waals surface area (Å²) in [4.78, 5) is 15.2. The summed E-state index contributed by atoms with van der Waals surface area (Å²) in [5, 5.41) is 11.1. The largest absolute Gasteiger partial charge is 0.477 e. The van der Waals surface area contributed by atoms with Crippen molar-refractivity contribution in [3.63, 3.8) is 0 Å². The number of nitro groups is 1. The van der Waals surface area contributed by atoms with Gasteiger partial charge in [0.15, 0.2) is 23.0 Å². The minimum absolute atomic E-state index is 0.0431.